The van der Waals surface area contributed by atoms with Crippen molar-refractivity contribution in [2.45, 2.75) is 13.8 Å². The maximum Gasteiger partial charge on any atom is 0.204 e. The number of aryl methyl sites for hydroxylation is 1. The van der Waals surface area contributed by atoms with Crippen LogP contribution in [0.5, 0.6) is 0 Å². The van der Waals surface area contributed by atoms with Crippen LogP contribution in [-0.2, 0) is 0 Å². The second-order valence-corrected chi connectivity index (χ2v) is 3.74. The standard InChI is InChI=1S/C13H15N3/c1-3-8-16-9-12(15-13(16)14)11-6-4-10(2)5-7-11/h3-9H,1-2H3,(H2,14,15)/b8-3-. The van der Waals surface area contributed by atoms with Crippen LogP contribution in [0.2, 0.25) is 0 Å². The maximum atomic E-state index is 5.80. The molecule has 0 atom stereocenters. The zero-order valence-electron chi connectivity index (χ0n) is 9.51. The molecule has 2 N–H and O–H groups in total. The Morgan fingerprint density at radius 3 is 2.56 bits per heavy atom. The lowest BCUT2D eigenvalue weighted by Gasteiger charge is -1.96. The highest BCUT2D eigenvalue weighted by Gasteiger charge is 2.04. The Kier molecular flexibility index (Phi) is 2.77. The first kappa shape index (κ1) is 10.5. The zero-order chi connectivity index (χ0) is 11.5. The van der Waals surface area contributed by atoms with Crippen LogP contribution in [0.4, 0.5) is 5.95 Å². The predicted molar refractivity (Wildman–Crippen MR) is 67.8 cm³/mol. The fraction of sp³-hybridized carbons (Fsp3) is 0.154. The van der Waals surface area contributed by atoms with Gasteiger partial charge >= 0.3 is 0 Å². The summed E-state index contributed by atoms with van der Waals surface area (Å²) < 4.78 is 1.81. The molecule has 2 aromatic rings. The number of nitrogens with zero attached hydrogens (tertiary/aromatic N) is 2. The smallest absolute Gasteiger partial charge is 0.204 e. The van der Waals surface area contributed by atoms with Crippen molar-refractivity contribution in [1.82, 2.24) is 9.55 Å². The van der Waals surface area contributed by atoms with Crippen LogP contribution in [-0.4, -0.2) is 9.55 Å². The van der Waals surface area contributed by atoms with E-state index in [9.17, 15) is 0 Å². The minimum Gasteiger partial charge on any atom is -0.369 e. The van der Waals surface area contributed by atoms with Gasteiger partial charge < -0.3 is 5.73 Å². The van der Waals surface area contributed by atoms with Crippen molar-refractivity contribution >= 4 is 12.1 Å². The molecule has 0 saturated heterocycles. The lowest BCUT2D eigenvalue weighted by atomic mass is 10.1. The molecule has 0 amide bonds. The SMILES string of the molecule is C/C=C\n1cc(-c2ccc(C)cc2)nc1N. The second kappa shape index (κ2) is 4.23. The van der Waals surface area contributed by atoms with Gasteiger partial charge in [-0.15, -0.1) is 0 Å². The van der Waals surface area contributed by atoms with Gasteiger partial charge in [0.1, 0.15) is 0 Å². The van der Waals surface area contributed by atoms with E-state index in [4.69, 9.17) is 5.73 Å². The van der Waals surface area contributed by atoms with Crippen LogP contribution in [0.25, 0.3) is 17.5 Å². The van der Waals surface area contributed by atoms with Crippen molar-refractivity contribution < 1.29 is 0 Å². The monoisotopic (exact) mass is 213 g/mol. The summed E-state index contributed by atoms with van der Waals surface area (Å²) in [6.07, 6.45) is 5.75. The molecule has 0 bridgehead atoms. The molecular formula is C13H15N3. The Hall–Kier alpha value is -2.03. The molecule has 3 nitrogen and oxygen atoms in total. The Morgan fingerprint density at radius 2 is 1.94 bits per heavy atom. The number of aromatic nitrogens is 2. The molecule has 0 aliphatic carbocycles. The molecule has 82 valence electrons. The van der Waals surface area contributed by atoms with Crippen molar-refractivity contribution in [2.24, 2.45) is 0 Å². The highest BCUT2D eigenvalue weighted by atomic mass is 15.1. The molecule has 0 spiro atoms. The van der Waals surface area contributed by atoms with Gasteiger partial charge in [0.05, 0.1) is 5.69 Å². The number of imidazole rings is 1. The number of nitrogens with two attached hydrogens (primary N) is 1. The highest BCUT2D eigenvalue weighted by Crippen LogP contribution is 2.20. The quantitative estimate of drug-likeness (QED) is 0.833. The Bertz CT molecular complexity index is 506. The summed E-state index contributed by atoms with van der Waals surface area (Å²) in [6, 6.07) is 8.24. The van der Waals surface area contributed by atoms with Gasteiger partial charge in [0.25, 0.3) is 0 Å². The third-order valence-corrected chi connectivity index (χ3v) is 2.42. The number of hydrogen-bond donors (Lipinski definition) is 1. The van der Waals surface area contributed by atoms with Crippen LogP contribution in [0, 0.1) is 6.92 Å². The predicted octanol–water partition coefficient (Wildman–Crippen LogP) is 2.93. The number of benzene rings is 1. The molecule has 2 rings (SSSR count). The third-order valence-electron chi connectivity index (χ3n) is 2.42. The fourth-order valence-electron chi connectivity index (χ4n) is 1.55. The van der Waals surface area contributed by atoms with E-state index >= 15 is 0 Å². The van der Waals surface area contributed by atoms with Crippen molar-refractivity contribution in [3.63, 3.8) is 0 Å². The summed E-state index contributed by atoms with van der Waals surface area (Å²) >= 11 is 0. The van der Waals surface area contributed by atoms with E-state index in [0.717, 1.165) is 11.3 Å². The van der Waals surface area contributed by atoms with E-state index in [1.807, 2.05) is 30.0 Å². The van der Waals surface area contributed by atoms with Crippen molar-refractivity contribution in [1.29, 1.82) is 0 Å². The molecule has 0 radical (unpaired) electrons. The zero-order valence-corrected chi connectivity index (χ0v) is 9.51. The number of rotatable bonds is 2. The first-order valence-corrected chi connectivity index (χ1v) is 5.25. The molecule has 1 aromatic heterocycles. The number of anilines is 1. The Balaban J connectivity index is 2.41. The molecular weight excluding hydrogens is 198 g/mol. The minimum absolute atomic E-state index is 0.508. The summed E-state index contributed by atoms with van der Waals surface area (Å²) in [5, 5.41) is 0. The molecule has 16 heavy (non-hydrogen) atoms. The average molecular weight is 213 g/mol. The molecule has 0 fully saturated rings. The van der Waals surface area contributed by atoms with Gasteiger partial charge in [-0.3, -0.25) is 4.57 Å². The third kappa shape index (κ3) is 1.98. The van der Waals surface area contributed by atoms with E-state index in [1.54, 1.807) is 0 Å². The molecule has 3 heteroatoms. The number of nitrogen functional groups attached to an aromatic ring is 1. The lowest BCUT2D eigenvalue weighted by Crippen LogP contribution is -1.93. The van der Waals surface area contributed by atoms with Gasteiger partial charge in [-0.25, -0.2) is 4.98 Å². The lowest BCUT2D eigenvalue weighted by molar-refractivity contribution is 1.15. The van der Waals surface area contributed by atoms with Crippen LogP contribution >= 0.6 is 0 Å². The van der Waals surface area contributed by atoms with Crippen LogP contribution < -0.4 is 5.73 Å². The summed E-state index contributed by atoms with van der Waals surface area (Å²) in [4.78, 5) is 4.32. The van der Waals surface area contributed by atoms with E-state index in [2.05, 4.69) is 36.2 Å². The minimum atomic E-state index is 0.508. The van der Waals surface area contributed by atoms with Gasteiger partial charge in [0.15, 0.2) is 0 Å². The van der Waals surface area contributed by atoms with Crippen molar-refractivity contribution in [2.75, 3.05) is 5.73 Å². The fourth-order valence-corrected chi connectivity index (χ4v) is 1.55. The van der Waals surface area contributed by atoms with Crippen LogP contribution in [0.3, 0.4) is 0 Å². The van der Waals surface area contributed by atoms with Crippen molar-refractivity contribution in [3.05, 3.63) is 42.1 Å². The number of allylic oxidation sites excluding steroid dienone is 1. The van der Waals surface area contributed by atoms with E-state index in [1.165, 1.54) is 5.56 Å². The molecule has 1 aromatic carbocycles. The molecule has 0 saturated carbocycles. The van der Waals surface area contributed by atoms with E-state index in [0.29, 0.717) is 5.95 Å². The largest absolute Gasteiger partial charge is 0.369 e. The number of hydrogen-bond acceptors (Lipinski definition) is 2. The van der Waals surface area contributed by atoms with Gasteiger partial charge in [0.2, 0.25) is 5.95 Å². The molecule has 0 aliphatic heterocycles. The first-order chi connectivity index (χ1) is 7.70. The van der Waals surface area contributed by atoms with Gasteiger partial charge in [-0.05, 0) is 13.8 Å². The highest BCUT2D eigenvalue weighted by molar-refractivity contribution is 5.62. The van der Waals surface area contributed by atoms with Gasteiger partial charge in [0, 0.05) is 18.0 Å². The van der Waals surface area contributed by atoms with E-state index < -0.39 is 0 Å². The van der Waals surface area contributed by atoms with Crippen LogP contribution in [0.1, 0.15) is 12.5 Å². The normalized spacial score (nSPS) is 11.1. The summed E-state index contributed by atoms with van der Waals surface area (Å²) in [6.45, 7) is 4.02. The molecule has 1 heterocycles. The summed E-state index contributed by atoms with van der Waals surface area (Å²) in [7, 11) is 0. The van der Waals surface area contributed by atoms with Gasteiger partial charge in [-0.2, -0.15) is 0 Å². The maximum absolute atomic E-state index is 5.80. The molecule has 0 unspecified atom stereocenters. The Morgan fingerprint density at radius 1 is 1.25 bits per heavy atom. The Labute approximate surface area is 95.2 Å². The van der Waals surface area contributed by atoms with Gasteiger partial charge in [-0.1, -0.05) is 35.9 Å². The first-order valence-electron chi connectivity index (χ1n) is 5.25. The van der Waals surface area contributed by atoms with Crippen LogP contribution in [0.15, 0.2) is 36.5 Å². The second-order valence-electron chi connectivity index (χ2n) is 3.74. The van der Waals surface area contributed by atoms with E-state index in [-0.39, 0.29) is 0 Å². The van der Waals surface area contributed by atoms with Crippen molar-refractivity contribution in [3.8, 4) is 11.3 Å². The topological polar surface area (TPSA) is 43.8 Å². The summed E-state index contributed by atoms with van der Waals surface area (Å²) in [5.74, 6) is 0.508. The molecule has 0 aliphatic rings. The average Bonchev–Trinajstić information content (AvgIpc) is 2.62. The summed E-state index contributed by atoms with van der Waals surface area (Å²) in [5.41, 5.74) is 9.02.